The Hall–Kier alpha value is -0.290. The van der Waals surface area contributed by atoms with E-state index in [1.165, 1.54) is 71.4 Å². The molecule has 29 heavy (non-hydrogen) atoms. The molecule has 4 heteroatoms. The maximum atomic E-state index is 5.57. The highest BCUT2D eigenvalue weighted by Gasteiger charge is 2.50. The van der Waals surface area contributed by atoms with Gasteiger partial charge in [-0.15, -0.1) is 0 Å². The van der Waals surface area contributed by atoms with Crippen molar-refractivity contribution >= 4 is 11.9 Å². The highest BCUT2D eigenvalue weighted by atomic mass is 32.2. The molecule has 0 aliphatic heterocycles. The summed E-state index contributed by atoms with van der Waals surface area (Å²) in [5.74, 6) is 2.68. The first-order chi connectivity index (χ1) is 14.2. The maximum absolute atomic E-state index is 5.57. The molecule has 0 radical (unpaired) electrons. The Labute approximate surface area is 184 Å². The highest BCUT2D eigenvalue weighted by molar-refractivity contribution is 7.97. The van der Waals surface area contributed by atoms with Gasteiger partial charge in [0.05, 0.1) is 6.10 Å². The Balaban J connectivity index is 0.00000117. The minimum absolute atomic E-state index is 0.509. The lowest BCUT2D eigenvalue weighted by molar-refractivity contribution is 0.0544. The lowest BCUT2D eigenvalue weighted by Gasteiger charge is -2.40. The number of hydrogen-bond donors (Lipinski definition) is 1. The van der Waals surface area contributed by atoms with Gasteiger partial charge >= 0.3 is 0 Å². The molecule has 2 N–H and O–H groups in total. The quantitative estimate of drug-likeness (QED) is 0.492. The van der Waals surface area contributed by atoms with Gasteiger partial charge in [-0.1, -0.05) is 45.2 Å². The molecule has 0 heterocycles. The van der Waals surface area contributed by atoms with Crippen LogP contribution in [0.1, 0.15) is 78.6 Å². The van der Waals surface area contributed by atoms with Gasteiger partial charge in [0.15, 0.2) is 0 Å². The van der Waals surface area contributed by atoms with E-state index in [-0.39, 0.29) is 0 Å². The molecule has 0 bridgehead atoms. The third kappa shape index (κ3) is 5.14. The van der Waals surface area contributed by atoms with Crippen LogP contribution in [0.25, 0.3) is 0 Å². The van der Waals surface area contributed by atoms with Crippen LogP contribution in [0.4, 0.5) is 0 Å². The second kappa shape index (κ2) is 10.8. The van der Waals surface area contributed by atoms with Crippen LogP contribution >= 0.6 is 11.9 Å². The zero-order valence-corrected chi connectivity index (χ0v) is 20.3. The SMILES string of the molecule is CCCC1=C2C(=C1)C2C1CCC(SN(CC)C2CCC(OC)CC2)C(C)C1.CN. The second-order valence-electron chi connectivity index (χ2n) is 9.36. The first-order valence-electron chi connectivity index (χ1n) is 12.1. The molecule has 4 unspecified atom stereocenters. The van der Waals surface area contributed by atoms with Crippen LogP contribution in [-0.4, -0.2) is 42.4 Å². The van der Waals surface area contributed by atoms with Gasteiger partial charge in [-0.2, -0.15) is 0 Å². The van der Waals surface area contributed by atoms with Crippen molar-refractivity contribution in [3.8, 4) is 0 Å². The van der Waals surface area contributed by atoms with E-state index in [1.54, 1.807) is 16.7 Å². The van der Waals surface area contributed by atoms with E-state index in [9.17, 15) is 0 Å². The molecule has 3 fully saturated rings. The number of allylic oxidation sites excluding steroid dienone is 4. The van der Waals surface area contributed by atoms with Crippen LogP contribution < -0.4 is 5.73 Å². The molecule has 4 rings (SSSR count). The number of hydrogen-bond acceptors (Lipinski definition) is 4. The van der Waals surface area contributed by atoms with Crippen LogP contribution in [0, 0.1) is 17.8 Å². The molecule has 4 aliphatic carbocycles. The normalized spacial score (nSPS) is 36.0. The first-order valence-corrected chi connectivity index (χ1v) is 13.0. The third-order valence-corrected chi connectivity index (χ3v) is 9.44. The average molecular weight is 421 g/mol. The lowest BCUT2D eigenvalue weighted by Crippen LogP contribution is -2.38. The molecule has 166 valence electrons. The smallest absolute Gasteiger partial charge is 0.0572 e. The van der Waals surface area contributed by atoms with E-state index < -0.39 is 0 Å². The fourth-order valence-electron chi connectivity index (χ4n) is 5.99. The predicted molar refractivity (Wildman–Crippen MR) is 127 cm³/mol. The van der Waals surface area contributed by atoms with E-state index >= 15 is 0 Å². The number of rotatable bonds is 8. The Kier molecular flexibility index (Phi) is 8.74. The molecule has 0 aromatic carbocycles. The fraction of sp³-hybridized carbons (Fsp3) is 0.840. The van der Waals surface area contributed by atoms with E-state index in [1.807, 2.05) is 7.11 Å². The Bertz CT molecular complexity index is 594. The van der Waals surface area contributed by atoms with E-state index in [0.717, 1.165) is 29.0 Å². The molecular formula is C25H44N2OS. The number of methoxy groups -OCH3 is 1. The number of nitrogens with two attached hydrogens (primary N) is 1. The topological polar surface area (TPSA) is 38.5 Å². The van der Waals surface area contributed by atoms with Crippen molar-refractivity contribution in [3.63, 3.8) is 0 Å². The molecule has 0 spiro atoms. The summed E-state index contributed by atoms with van der Waals surface area (Å²) >= 11 is 2.22. The molecular weight excluding hydrogens is 376 g/mol. The summed E-state index contributed by atoms with van der Waals surface area (Å²) < 4.78 is 8.31. The molecule has 0 saturated heterocycles. The second-order valence-corrected chi connectivity index (χ2v) is 10.6. The van der Waals surface area contributed by atoms with Gasteiger partial charge in [0.2, 0.25) is 0 Å². The van der Waals surface area contributed by atoms with Crippen LogP contribution in [0.15, 0.2) is 22.8 Å². The van der Waals surface area contributed by atoms with Crippen molar-refractivity contribution in [2.24, 2.45) is 23.5 Å². The summed E-state index contributed by atoms with van der Waals surface area (Å²) in [6, 6.07) is 0.766. The zero-order chi connectivity index (χ0) is 21.0. The summed E-state index contributed by atoms with van der Waals surface area (Å²) in [5, 5.41) is 0.829. The highest BCUT2D eigenvalue weighted by Crippen LogP contribution is 2.62. The van der Waals surface area contributed by atoms with Gasteiger partial charge in [0.1, 0.15) is 0 Å². The lowest BCUT2D eigenvalue weighted by atomic mass is 9.79. The molecule has 0 aromatic heterocycles. The molecule has 4 atom stereocenters. The Morgan fingerprint density at radius 3 is 2.41 bits per heavy atom. The summed E-state index contributed by atoms with van der Waals surface area (Å²) in [6.07, 6.45) is 15.1. The molecule has 4 aliphatic rings. The Morgan fingerprint density at radius 2 is 1.83 bits per heavy atom. The standard InChI is InChI=1S/C24H39NOS.CH5N/c1-5-7-17-15-21-23(17)24(21)18-8-13-22(16(3)14-18)27-25(6-2)19-9-11-20(26-4)12-10-19;1-2/h15-16,18-20,22,24H,5-14H2,1-4H3;2H2,1H3. The largest absolute Gasteiger partial charge is 0.381 e. The van der Waals surface area contributed by atoms with Gasteiger partial charge in [0.25, 0.3) is 0 Å². The minimum Gasteiger partial charge on any atom is -0.381 e. The summed E-state index contributed by atoms with van der Waals surface area (Å²) in [5.41, 5.74) is 9.74. The maximum Gasteiger partial charge on any atom is 0.0572 e. The minimum atomic E-state index is 0.509. The van der Waals surface area contributed by atoms with Gasteiger partial charge in [-0.05, 0) is 87.0 Å². The fourth-order valence-corrected chi connectivity index (χ4v) is 7.43. The van der Waals surface area contributed by atoms with Gasteiger partial charge in [-0.25, -0.2) is 4.31 Å². The van der Waals surface area contributed by atoms with Crippen molar-refractivity contribution in [2.75, 3.05) is 20.7 Å². The number of fused-ring (bicyclic) bond motifs is 1. The van der Waals surface area contributed by atoms with Crippen LogP contribution in [0.2, 0.25) is 0 Å². The first kappa shape index (κ1) is 23.4. The summed E-state index contributed by atoms with van der Waals surface area (Å²) in [6.45, 7) is 8.37. The van der Waals surface area contributed by atoms with Crippen molar-refractivity contribution in [1.29, 1.82) is 0 Å². The number of nitrogens with zero attached hydrogens (tertiary/aromatic N) is 1. The predicted octanol–water partition coefficient (Wildman–Crippen LogP) is 5.96. The third-order valence-electron chi connectivity index (χ3n) is 7.64. The van der Waals surface area contributed by atoms with Gasteiger partial charge in [-0.3, -0.25) is 0 Å². The van der Waals surface area contributed by atoms with Crippen LogP contribution in [0.3, 0.4) is 0 Å². The summed E-state index contributed by atoms with van der Waals surface area (Å²) in [4.78, 5) is 0. The van der Waals surface area contributed by atoms with Crippen molar-refractivity contribution in [2.45, 2.75) is 96.0 Å². The number of ether oxygens (including phenoxy) is 1. The van der Waals surface area contributed by atoms with E-state index in [4.69, 9.17) is 4.74 Å². The molecule has 0 aromatic rings. The zero-order valence-electron chi connectivity index (χ0n) is 19.5. The molecule has 3 saturated carbocycles. The molecule has 0 amide bonds. The average Bonchev–Trinajstić information content (AvgIpc) is 3.37. The van der Waals surface area contributed by atoms with Gasteiger partial charge in [0, 0.05) is 30.9 Å². The van der Waals surface area contributed by atoms with Crippen LogP contribution in [-0.2, 0) is 4.74 Å². The van der Waals surface area contributed by atoms with Crippen molar-refractivity contribution in [1.82, 2.24) is 4.31 Å². The molecule has 3 nitrogen and oxygen atoms in total. The van der Waals surface area contributed by atoms with Gasteiger partial charge < -0.3 is 10.5 Å². The van der Waals surface area contributed by atoms with Crippen molar-refractivity contribution < 1.29 is 4.74 Å². The summed E-state index contributed by atoms with van der Waals surface area (Å²) in [7, 11) is 3.38. The monoisotopic (exact) mass is 420 g/mol. The van der Waals surface area contributed by atoms with E-state index in [2.05, 4.69) is 48.8 Å². The van der Waals surface area contributed by atoms with Crippen LogP contribution in [0.5, 0.6) is 0 Å². The van der Waals surface area contributed by atoms with E-state index in [0.29, 0.717) is 6.10 Å². The van der Waals surface area contributed by atoms with Crippen molar-refractivity contribution in [3.05, 3.63) is 22.8 Å². The Morgan fingerprint density at radius 1 is 1.10 bits per heavy atom.